The number of hydrogen-bond donors (Lipinski definition) is 2. The maximum Gasteiger partial charge on any atom is 0.220 e. The Morgan fingerprint density at radius 3 is 2.76 bits per heavy atom. The molecule has 1 aliphatic heterocycles. The largest absolute Gasteiger partial charge is 0.504 e. The fourth-order valence-corrected chi connectivity index (χ4v) is 2.73. The molecule has 0 radical (unpaired) electrons. The van der Waals surface area contributed by atoms with Crippen molar-refractivity contribution in [2.75, 3.05) is 20.2 Å². The fraction of sp³-hybridized carbons (Fsp3) is 0.714. The van der Waals surface area contributed by atoms with E-state index in [0.717, 1.165) is 25.9 Å². The van der Waals surface area contributed by atoms with Gasteiger partial charge in [-0.3, -0.25) is 9.48 Å². The maximum atomic E-state index is 12.1. The number of carbonyl (C=O) groups excluding carboxylic acids is 1. The lowest BCUT2D eigenvalue weighted by atomic mass is 9.94. The van der Waals surface area contributed by atoms with Gasteiger partial charge in [0.25, 0.3) is 0 Å². The number of aryl methyl sites for hydroxylation is 1. The van der Waals surface area contributed by atoms with Crippen molar-refractivity contribution < 1.29 is 14.7 Å². The minimum atomic E-state index is -0.294. The van der Waals surface area contributed by atoms with Crippen molar-refractivity contribution in [2.24, 2.45) is 13.0 Å². The van der Waals surface area contributed by atoms with E-state index >= 15 is 0 Å². The van der Waals surface area contributed by atoms with Gasteiger partial charge in [-0.05, 0) is 25.7 Å². The standard InChI is InChI=1S/C14H24N4O3/c1-10(14-12(19)9-17(2)16-14)15-13(20)8-11-4-6-18(21-3)7-5-11/h9-11,19H,4-8H2,1-3H3,(H,15,20). The van der Waals surface area contributed by atoms with Crippen molar-refractivity contribution in [3.8, 4) is 5.75 Å². The fourth-order valence-electron chi connectivity index (χ4n) is 2.73. The first kappa shape index (κ1) is 15.8. The van der Waals surface area contributed by atoms with Crippen LogP contribution in [0.5, 0.6) is 5.75 Å². The van der Waals surface area contributed by atoms with Crippen LogP contribution in [-0.2, 0) is 16.7 Å². The average Bonchev–Trinajstić information content (AvgIpc) is 2.78. The lowest BCUT2D eigenvalue weighted by Crippen LogP contribution is -2.35. The highest BCUT2D eigenvalue weighted by atomic mass is 16.7. The molecule has 1 aromatic heterocycles. The monoisotopic (exact) mass is 296 g/mol. The van der Waals surface area contributed by atoms with Crippen LogP contribution in [0.4, 0.5) is 0 Å². The molecule has 2 rings (SSSR count). The molecule has 1 amide bonds. The number of nitrogens with zero attached hydrogens (tertiary/aromatic N) is 3. The first-order chi connectivity index (χ1) is 9.99. The zero-order valence-corrected chi connectivity index (χ0v) is 12.9. The Morgan fingerprint density at radius 1 is 1.57 bits per heavy atom. The Bertz CT molecular complexity index is 481. The lowest BCUT2D eigenvalue weighted by Gasteiger charge is -2.29. The number of hydroxylamine groups is 2. The van der Waals surface area contributed by atoms with Crippen LogP contribution in [0.2, 0.25) is 0 Å². The Balaban J connectivity index is 1.81. The number of amides is 1. The third kappa shape index (κ3) is 4.18. The molecule has 1 aliphatic rings. The van der Waals surface area contributed by atoms with E-state index < -0.39 is 0 Å². The van der Waals surface area contributed by atoms with Gasteiger partial charge in [-0.2, -0.15) is 10.2 Å². The van der Waals surface area contributed by atoms with E-state index in [1.165, 1.54) is 10.9 Å². The first-order valence-electron chi connectivity index (χ1n) is 7.30. The van der Waals surface area contributed by atoms with Crippen LogP contribution in [0.25, 0.3) is 0 Å². The van der Waals surface area contributed by atoms with Crippen LogP contribution < -0.4 is 5.32 Å². The highest BCUT2D eigenvalue weighted by Crippen LogP contribution is 2.23. The molecule has 1 fully saturated rings. The first-order valence-corrected chi connectivity index (χ1v) is 7.30. The summed E-state index contributed by atoms with van der Waals surface area (Å²) >= 11 is 0. The van der Waals surface area contributed by atoms with Crippen molar-refractivity contribution in [3.63, 3.8) is 0 Å². The molecule has 1 aromatic rings. The second kappa shape index (κ2) is 6.91. The van der Waals surface area contributed by atoms with Crippen LogP contribution in [0, 0.1) is 5.92 Å². The van der Waals surface area contributed by atoms with Gasteiger partial charge in [0.1, 0.15) is 5.69 Å². The molecule has 7 nitrogen and oxygen atoms in total. The topological polar surface area (TPSA) is 79.6 Å². The lowest BCUT2D eigenvalue weighted by molar-refractivity contribution is -0.150. The number of carbonyl (C=O) groups is 1. The van der Waals surface area contributed by atoms with Crippen molar-refractivity contribution in [3.05, 3.63) is 11.9 Å². The van der Waals surface area contributed by atoms with Crippen molar-refractivity contribution in [1.82, 2.24) is 20.2 Å². The van der Waals surface area contributed by atoms with Crippen molar-refractivity contribution in [1.29, 1.82) is 0 Å². The molecule has 2 heterocycles. The van der Waals surface area contributed by atoms with Crippen LogP contribution in [0.15, 0.2) is 6.20 Å². The second-order valence-corrected chi connectivity index (χ2v) is 5.62. The van der Waals surface area contributed by atoms with E-state index in [1.807, 2.05) is 12.0 Å². The van der Waals surface area contributed by atoms with Crippen LogP contribution in [-0.4, -0.2) is 46.1 Å². The number of rotatable bonds is 5. The molecule has 118 valence electrons. The average molecular weight is 296 g/mol. The Kier molecular flexibility index (Phi) is 5.19. The summed E-state index contributed by atoms with van der Waals surface area (Å²) in [4.78, 5) is 17.3. The number of piperidine rings is 1. The molecule has 0 saturated carbocycles. The van der Waals surface area contributed by atoms with Crippen molar-refractivity contribution in [2.45, 2.75) is 32.2 Å². The predicted molar refractivity (Wildman–Crippen MR) is 77.4 cm³/mol. The molecule has 0 bridgehead atoms. The summed E-state index contributed by atoms with van der Waals surface area (Å²) in [7, 11) is 3.41. The van der Waals surface area contributed by atoms with Crippen molar-refractivity contribution >= 4 is 5.91 Å². The van der Waals surface area contributed by atoms with E-state index in [-0.39, 0.29) is 17.7 Å². The van der Waals surface area contributed by atoms with Gasteiger partial charge in [0.2, 0.25) is 5.91 Å². The number of nitrogens with one attached hydrogen (secondary N) is 1. The molecule has 2 N–H and O–H groups in total. The molecule has 1 atom stereocenters. The van der Waals surface area contributed by atoms with Gasteiger partial charge < -0.3 is 15.3 Å². The van der Waals surface area contributed by atoms with Crippen LogP contribution >= 0.6 is 0 Å². The summed E-state index contributed by atoms with van der Waals surface area (Å²) in [5.74, 6) is 0.503. The minimum Gasteiger partial charge on any atom is -0.504 e. The highest BCUT2D eigenvalue weighted by molar-refractivity contribution is 5.76. The van der Waals surface area contributed by atoms with E-state index in [4.69, 9.17) is 4.84 Å². The molecular formula is C14H24N4O3. The van der Waals surface area contributed by atoms with E-state index in [1.54, 1.807) is 14.2 Å². The molecule has 0 aliphatic carbocycles. The zero-order chi connectivity index (χ0) is 15.4. The molecule has 21 heavy (non-hydrogen) atoms. The maximum absolute atomic E-state index is 12.1. The number of aromatic nitrogens is 2. The van der Waals surface area contributed by atoms with Crippen LogP contribution in [0.1, 0.15) is 37.9 Å². The van der Waals surface area contributed by atoms with Gasteiger partial charge in [0, 0.05) is 26.6 Å². The normalized spacial score (nSPS) is 18.6. The zero-order valence-electron chi connectivity index (χ0n) is 12.9. The molecule has 0 aromatic carbocycles. The van der Waals surface area contributed by atoms with Crippen LogP contribution in [0.3, 0.4) is 0 Å². The van der Waals surface area contributed by atoms with E-state index in [2.05, 4.69) is 10.4 Å². The number of hydrogen-bond acceptors (Lipinski definition) is 5. The second-order valence-electron chi connectivity index (χ2n) is 5.62. The molecule has 1 unspecified atom stereocenters. The summed E-state index contributed by atoms with van der Waals surface area (Å²) in [6.45, 7) is 3.56. The van der Waals surface area contributed by atoms with Gasteiger partial charge in [-0.25, -0.2) is 0 Å². The third-order valence-corrected chi connectivity index (χ3v) is 3.93. The summed E-state index contributed by atoms with van der Waals surface area (Å²) in [6.07, 6.45) is 3.96. The van der Waals surface area contributed by atoms with E-state index in [9.17, 15) is 9.90 Å². The smallest absolute Gasteiger partial charge is 0.220 e. The quantitative estimate of drug-likeness (QED) is 0.846. The molecule has 1 saturated heterocycles. The molecule has 0 spiro atoms. The summed E-state index contributed by atoms with van der Waals surface area (Å²) < 4.78 is 1.54. The SMILES string of the molecule is CON1CCC(CC(=O)NC(C)c2nn(C)cc2O)CC1. The predicted octanol–water partition coefficient (Wildman–Crippen LogP) is 0.966. The van der Waals surface area contributed by atoms with Gasteiger partial charge in [-0.15, -0.1) is 0 Å². The number of aromatic hydroxyl groups is 1. The Hall–Kier alpha value is -1.60. The summed E-state index contributed by atoms with van der Waals surface area (Å²) in [5.41, 5.74) is 0.500. The minimum absolute atomic E-state index is 0.00317. The highest BCUT2D eigenvalue weighted by Gasteiger charge is 2.23. The summed E-state index contributed by atoms with van der Waals surface area (Å²) in [6, 6.07) is -0.294. The third-order valence-electron chi connectivity index (χ3n) is 3.93. The Morgan fingerprint density at radius 2 is 2.24 bits per heavy atom. The van der Waals surface area contributed by atoms with Gasteiger partial charge in [-0.1, -0.05) is 0 Å². The molecule has 7 heteroatoms. The summed E-state index contributed by atoms with van der Waals surface area (Å²) in [5, 5.41) is 18.7. The Labute approximate surface area is 124 Å². The van der Waals surface area contributed by atoms with Gasteiger partial charge in [0.05, 0.1) is 19.3 Å². The van der Waals surface area contributed by atoms with Gasteiger partial charge in [0.15, 0.2) is 5.75 Å². The van der Waals surface area contributed by atoms with E-state index in [0.29, 0.717) is 18.0 Å². The molecular weight excluding hydrogens is 272 g/mol. The van der Waals surface area contributed by atoms with Gasteiger partial charge >= 0.3 is 0 Å².